The fraction of sp³-hybridized carbons (Fsp3) is 0.833. The van der Waals surface area contributed by atoms with Crippen molar-refractivity contribution >= 4 is 15.9 Å². The summed E-state index contributed by atoms with van der Waals surface area (Å²) in [4.78, 5) is 10.3. The Hall–Kier alpha value is -0.830. The van der Waals surface area contributed by atoms with Gasteiger partial charge in [0.1, 0.15) is 0 Å². The van der Waals surface area contributed by atoms with E-state index in [-0.39, 0.29) is 6.61 Å². The van der Waals surface area contributed by atoms with Crippen LogP contribution in [0, 0.1) is 0 Å². The molecule has 0 fully saturated rings. The normalized spacial score (nSPS) is 14.7. The van der Waals surface area contributed by atoms with Crippen LogP contribution in [0.1, 0.15) is 13.8 Å². The Morgan fingerprint density at radius 3 is 2.27 bits per heavy atom. The van der Waals surface area contributed by atoms with E-state index in [2.05, 4.69) is 4.74 Å². The lowest BCUT2D eigenvalue weighted by molar-refractivity contribution is -0.171. The van der Waals surface area contributed by atoms with E-state index in [1.54, 1.807) is 0 Å². The summed E-state index contributed by atoms with van der Waals surface area (Å²) in [5.74, 6) is -2.53. The number of rotatable bonds is 4. The molecule has 90 valence electrons. The van der Waals surface area contributed by atoms with Crippen LogP contribution in [0.3, 0.4) is 0 Å². The number of ether oxygens (including phenoxy) is 1. The summed E-state index contributed by atoms with van der Waals surface area (Å²) in [6.07, 6.45) is -5.24. The van der Waals surface area contributed by atoms with Gasteiger partial charge in [0.25, 0.3) is 10.0 Å². The number of hydrogen-bond donors (Lipinski definition) is 1. The maximum Gasteiger partial charge on any atom is 0.472 e. The van der Waals surface area contributed by atoms with Crippen LogP contribution in [-0.4, -0.2) is 32.5 Å². The van der Waals surface area contributed by atoms with Crippen molar-refractivity contribution in [3.05, 3.63) is 0 Å². The van der Waals surface area contributed by atoms with Gasteiger partial charge in [-0.2, -0.15) is 13.2 Å². The first-order chi connectivity index (χ1) is 6.61. The summed E-state index contributed by atoms with van der Waals surface area (Å²) >= 11 is 0. The molecule has 0 rings (SSSR count). The highest BCUT2D eigenvalue weighted by atomic mass is 32.2. The highest BCUT2D eigenvalue weighted by Gasteiger charge is 2.42. The van der Waals surface area contributed by atoms with E-state index in [0.717, 1.165) is 11.6 Å². The van der Waals surface area contributed by atoms with Crippen molar-refractivity contribution in [1.29, 1.82) is 0 Å². The number of carbonyl (C=O) groups is 1. The summed E-state index contributed by atoms with van der Waals surface area (Å²) in [5, 5.41) is 0. The quantitative estimate of drug-likeness (QED) is 0.781. The number of carbonyl (C=O) groups excluding carboxylic acids is 1. The zero-order valence-corrected chi connectivity index (χ0v) is 8.78. The van der Waals surface area contributed by atoms with Gasteiger partial charge in [-0.25, -0.2) is 13.1 Å². The van der Waals surface area contributed by atoms with E-state index in [9.17, 15) is 26.4 Å². The third kappa shape index (κ3) is 4.47. The first-order valence-electron chi connectivity index (χ1n) is 3.85. The number of halogens is 3. The Labute approximate surface area is 84.6 Å². The van der Waals surface area contributed by atoms with Gasteiger partial charge in [-0.1, -0.05) is 0 Å². The Bertz CT molecular complexity index is 324. The van der Waals surface area contributed by atoms with Crippen LogP contribution in [0.25, 0.3) is 0 Å². The van der Waals surface area contributed by atoms with Crippen molar-refractivity contribution in [2.75, 3.05) is 6.61 Å². The molecule has 0 aromatic heterocycles. The van der Waals surface area contributed by atoms with Gasteiger partial charge in [-0.3, -0.25) is 4.79 Å². The van der Waals surface area contributed by atoms with E-state index in [4.69, 9.17) is 0 Å². The third-order valence-electron chi connectivity index (χ3n) is 1.33. The predicted octanol–water partition coefficient (Wildman–Crippen LogP) is 0.377. The predicted molar refractivity (Wildman–Crippen MR) is 44.2 cm³/mol. The van der Waals surface area contributed by atoms with Crippen molar-refractivity contribution in [1.82, 2.24) is 4.72 Å². The molecule has 1 N–H and O–H groups in total. The number of alkyl halides is 3. The van der Waals surface area contributed by atoms with Crippen molar-refractivity contribution in [3.8, 4) is 0 Å². The van der Waals surface area contributed by atoms with E-state index in [0.29, 0.717) is 0 Å². The fourth-order valence-corrected chi connectivity index (χ4v) is 1.45. The smallest absolute Gasteiger partial charge is 0.361 e. The van der Waals surface area contributed by atoms with Gasteiger partial charge in [0.15, 0.2) is 5.44 Å². The Morgan fingerprint density at radius 2 is 1.93 bits per heavy atom. The molecule has 15 heavy (non-hydrogen) atoms. The molecular formula is C6H10F3NO4S. The molecule has 0 aliphatic rings. The van der Waals surface area contributed by atoms with E-state index in [1.165, 1.54) is 6.92 Å². The Balaban J connectivity index is 4.60. The number of amides is 1. The summed E-state index contributed by atoms with van der Waals surface area (Å²) < 4.78 is 62.6. The average Bonchev–Trinajstić information content (AvgIpc) is 2.02. The molecular weight excluding hydrogens is 239 g/mol. The molecule has 0 aromatic rings. The van der Waals surface area contributed by atoms with Crippen LogP contribution in [-0.2, 0) is 19.6 Å². The van der Waals surface area contributed by atoms with Crippen LogP contribution in [0.2, 0.25) is 0 Å². The number of sulfonamides is 1. The molecule has 0 aliphatic heterocycles. The third-order valence-corrected chi connectivity index (χ3v) is 2.81. The van der Waals surface area contributed by atoms with Crippen LogP contribution < -0.4 is 4.72 Å². The molecule has 0 bridgehead atoms. The molecule has 0 radical (unpaired) electrons. The van der Waals surface area contributed by atoms with Crippen molar-refractivity contribution in [2.24, 2.45) is 0 Å². The first-order valence-corrected chi connectivity index (χ1v) is 5.40. The maximum absolute atomic E-state index is 11.7. The van der Waals surface area contributed by atoms with Gasteiger partial charge in [0.2, 0.25) is 0 Å². The zero-order chi connectivity index (χ0) is 12.3. The van der Waals surface area contributed by atoms with Gasteiger partial charge >= 0.3 is 12.1 Å². The molecule has 0 aliphatic carbocycles. The lowest BCUT2D eigenvalue weighted by Crippen LogP contribution is -2.44. The highest BCUT2D eigenvalue weighted by molar-refractivity contribution is 7.90. The summed E-state index contributed by atoms with van der Waals surface area (Å²) in [7, 11) is -4.45. The lowest BCUT2D eigenvalue weighted by atomic mass is 10.6. The molecule has 5 nitrogen and oxygen atoms in total. The molecule has 0 heterocycles. The molecule has 0 spiro atoms. The highest BCUT2D eigenvalue weighted by Crippen LogP contribution is 2.15. The van der Waals surface area contributed by atoms with E-state index >= 15 is 0 Å². The second-order valence-electron chi connectivity index (χ2n) is 2.50. The summed E-state index contributed by atoms with van der Waals surface area (Å²) in [5.41, 5.74) is -1.52. The van der Waals surface area contributed by atoms with Gasteiger partial charge in [-0.05, 0) is 13.8 Å². The SMILES string of the molecule is CCOC(C)S(=O)(=O)NC(=O)C(F)(F)F. The maximum atomic E-state index is 11.7. The van der Waals surface area contributed by atoms with Gasteiger partial charge in [0.05, 0.1) is 0 Å². The molecule has 0 saturated carbocycles. The Kier molecular flexibility index (Phi) is 4.53. The van der Waals surface area contributed by atoms with Crippen LogP contribution in [0.15, 0.2) is 0 Å². The van der Waals surface area contributed by atoms with E-state index < -0.39 is 27.5 Å². The van der Waals surface area contributed by atoms with Crippen LogP contribution in [0.4, 0.5) is 13.2 Å². The van der Waals surface area contributed by atoms with E-state index in [1.807, 2.05) is 0 Å². The number of nitrogens with one attached hydrogen (secondary N) is 1. The van der Waals surface area contributed by atoms with Crippen LogP contribution >= 0.6 is 0 Å². The number of hydrogen-bond acceptors (Lipinski definition) is 4. The van der Waals surface area contributed by atoms with Crippen molar-refractivity contribution < 1.29 is 31.1 Å². The minimum absolute atomic E-state index is 0.00227. The fourth-order valence-electron chi connectivity index (χ4n) is 0.594. The lowest BCUT2D eigenvalue weighted by Gasteiger charge is -2.14. The van der Waals surface area contributed by atoms with Gasteiger partial charge in [0, 0.05) is 6.61 Å². The topological polar surface area (TPSA) is 72.5 Å². The first kappa shape index (κ1) is 14.2. The summed E-state index contributed by atoms with van der Waals surface area (Å²) in [6, 6.07) is 0. The second kappa shape index (κ2) is 4.79. The zero-order valence-electron chi connectivity index (χ0n) is 7.96. The average molecular weight is 249 g/mol. The largest absolute Gasteiger partial charge is 0.472 e. The van der Waals surface area contributed by atoms with Gasteiger partial charge in [-0.15, -0.1) is 0 Å². The molecule has 1 unspecified atom stereocenters. The standard InChI is InChI=1S/C6H10F3NO4S/c1-3-14-4(2)15(12,13)10-5(11)6(7,8)9/h4H,3H2,1-2H3,(H,10,11). The van der Waals surface area contributed by atoms with Crippen molar-refractivity contribution in [3.63, 3.8) is 0 Å². The second-order valence-corrected chi connectivity index (χ2v) is 4.45. The Morgan fingerprint density at radius 1 is 1.47 bits per heavy atom. The molecule has 1 atom stereocenters. The molecule has 0 saturated heterocycles. The minimum Gasteiger partial charge on any atom is -0.361 e. The monoisotopic (exact) mass is 249 g/mol. The van der Waals surface area contributed by atoms with Gasteiger partial charge < -0.3 is 4.74 Å². The molecule has 0 aromatic carbocycles. The van der Waals surface area contributed by atoms with Crippen LogP contribution in [0.5, 0.6) is 0 Å². The minimum atomic E-state index is -5.24. The van der Waals surface area contributed by atoms with Crippen molar-refractivity contribution in [2.45, 2.75) is 25.5 Å². The molecule has 9 heteroatoms. The summed E-state index contributed by atoms with van der Waals surface area (Å²) in [6.45, 7) is 2.50. The molecule has 1 amide bonds.